The van der Waals surface area contributed by atoms with Crippen molar-refractivity contribution in [3.63, 3.8) is 0 Å². The number of rotatable bonds is 10. The summed E-state index contributed by atoms with van der Waals surface area (Å²) in [6.07, 6.45) is 13.3. The van der Waals surface area contributed by atoms with Gasteiger partial charge >= 0.3 is 0 Å². The Labute approximate surface area is 96.6 Å². The zero-order valence-corrected chi connectivity index (χ0v) is 10.6. The van der Waals surface area contributed by atoms with Gasteiger partial charge in [0.25, 0.3) is 0 Å². The molecule has 0 aliphatic heterocycles. The van der Waals surface area contributed by atoms with Gasteiger partial charge < -0.3 is 5.11 Å². The third-order valence-corrected chi connectivity index (χ3v) is 2.51. The van der Waals surface area contributed by atoms with Gasteiger partial charge in [-0.2, -0.15) is 0 Å². The van der Waals surface area contributed by atoms with Gasteiger partial charge in [-0.05, 0) is 6.42 Å². The number of unbranched alkanes of at least 4 members (excludes halogenated alkanes) is 9. The Morgan fingerprint density at radius 2 is 1.00 bits per heavy atom. The normalized spacial score (nSPS) is 9.47. The van der Waals surface area contributed by atoms with E-state index >= 15 is 0 Å². The maximum Gasteiger partial charge on any atom is 0.0431 e. The minimum Gasteiger partial charge on any atom is -0.396 e. The molecule has 0 amide bonds. The van der Waals surface area contributed by atoms with Crippen molar-refractivity contribution in [1.82, 2.24) is 0 Å². The molecule has 0 aromatic heterocycles. The van der Waals surface area contributed by atoms with Crippen LogP contribution >= 0.6 is 0 Å². The summed E-state index contributed by atoms with van der Waals surface area (Å²) in [5, 5.41) is 8.57. The second-order valence-electron chi connectivity index (χ2n) is 3.91. The molecule has 0 heterocycles. The van der Waals surface area contributed by atoms with Crippen LogP contribution in [0.1, 0.15) is 71.1 Å². The quantitative estimate of drug-likeness (QED) is 0.413. The highest BCUT2D eigenvalue weighted by Gasteiger charge is 1.91. The molecule has 1 heteroatoms. The smallest absolute Gasteiger partial charge is 0.0431 e. The fourth-order valence-electron chi connectivity index (χ4n) is 1.60. The van der Waals surface area contributed by atoms with E-state index in [1.54, 1.807) is 0 Å². The lowest BCUT2D eigenvalue weighted by Gasteiger charge is -2.00. The Morgan fingerprint density at radius 3 is 1.33 bits per heavy atom. The van der Waals surface area contributed by atoms with E-state index in [9.17, 15) is 0 Å². The minimum atomic E-state index is 0.372. The van der Waals surface area contributed by atoms with Crippen LogP contribution in [0.5, 0.6) is 0 Å². The van der Waals surface area contributed by atoms with Crippen LogP contribution in [-0.2, 0) is 0 Å². The molecule has 0 radical (unpaired) electrons. The lowest BCUT2D eigenvalue weighted by Crippen LogP contribution is -1.84. The lowest BCUT2D eigenvalue weighted by molar-refractivity contribution is 0.282. The highest BCUT2D eigenvalue weighted by Crippen LogP contribution is 2.09. The molecule has 0 aliphatic rings. The van der Waals surface area contributed by atoms with Crippen molar-refractivity contribution < 1.29 is 5.11 Å². The second kappa shape index (κ2) is 19.3. The van der Waals surface area contributed by atoms with Gasteiger partial charge in [0, 0.05) is 6.61 Å². The molecule has 0 unspecified atom stereocenters. The van der Waals surface area contributed by atoms with Crippen molar-refractivity contribution in [2.24, 2.45) is 0 Å². The molecule has 0 fully saturated rings. The van der Waals surface area contributed by atoms with Crippen LogP contribution in [0.3, 0.4) is 0 Å². The van der Waals surface area contributed by atoms with Gasteiger partial charge in [0.1, 0.15) is 0 Å². The van der Waals surface area contributed by atoms with Crippen molar-refractivity contribution in [2.45, 2.75) is 71.1 Å². The van der Waals surface area contributed by atoms with E-state index in [-0.39, 0.29) is 0 Å². The van der Waals surface area contributed by atoms with E-state index in [2.05, 4.69) is 20.1 Å². The Morgan fingerprint density at radius 1 is 0.667 bits per heavy atom. The molecule has 0 aromatic rings. The van der Waals surface area contributed by atoms with Gasteiger partial charge in [0.2, 0.25) is 0 Å². The van der Waals surface area contributed by atoms with Crippen LogP contribution < -0.4 is 0 Å². The SMILES string of the molecule is C=C.CCCCCCCCCCCCO. The fourth-order valence-corrected chi connectivity index (χ4v) is 1.60. The summed E-state index contributed by atoms with van der Waals surface area (Å²) < 4.78 is 0. The summed E-state index contributed by atoms with van der Waals surface area (Å²) >= 11 is 0. The Balaban J connectivity index is 0. The van der Waals surface area contributed by atoms with E-state index < -0.39 is 0 Å². The first-order valence-corrected chi connectivity index (χ1v) is 6.52. The summed E-state index contributed by atoms with van der Waals surface area (Å²) in [4.78, 5) is 0. The molecule has 0 aromatic carbocycles. The number of aliphatic hydroxyl groups is 1. The summed E-state index contributed by atoms with van der Waals surface area (Å²) in [5.41, 5.74) is 0. The van der Waals surface area contributed by atoms with Crippen LogP contribution in [-0.4, -0.2) is 11.7 Å². The summed E-state index contributed by atoms with van der Waals surface area (Å²) in [7, 11) is 0. The van der Waals surface area contributed by atoms with Crippen LogP contribution in [0.2, 0.25) is 0 Å². The molecule has 0 rings (SSSR count). The van der Waals surface area contributed by atoms with Crippen molar-refractivity contribution in [3.8, 4) is 0 Å². The number of hydrogen-bond donors (Lipinski definition) is 1. The second-order valence-corrected chi connectivity index (χ2v) is 3.91. The van der Waals surface area contributed by atoms with Gasteiger partial charge in [0.05, 0.1) is 0 Å². The molecule has 0 atom stereocenters. The first kappa shape index (κ1) is 17.1. The third kappa shape index (κ3) is 19.9. The predicted molar refractivity (Wildman–Crippen MR) is 70.2 cm³/mol. The molecular formula is C14H30O. The van der Waals surface area contributed by atoms with Crippen LogP contribution in [0, 0.1) is 0 Å². The topological polar surface area (TPSA) is 20.2 Å². The van der Waals surface area contributed by atoms with E-state index in [0.29, 0.717) is 6.61 Å². The Hall–Kier alpha value is -0.300. The highest BCUT2D eigenvalue weighted by molar-refractivity contribution is 4.46. The molecule has 0 saturated carbocycles. The minimum absolute atomic E-state index is 0.372. The summed E-state index contributed by atoms with van der Waals surface area (Å²) in [5.74, 6) is 0. The molecule has 1 N–H and O–H groups in total. The predicted octanol–water partition coefficient (Wildman–Crippen LogP) is 4.70. The zero-order chi connectivity index (χ0) is 11.8. The van der Waals surface area contributed by atoms with Gasteiger partial charge in [-0.1, -0.05) is 64.7 Å². The van der Waals surface area contributed by atoms with Gasteiger partial charge in [0.15, 0.2) is 0 Å². The molecule has 0 saturated heterocycles. The van der Waals surface area contributed by atoms with Crippen molar-refractivity contribution >= 4 is 0 Å². The molecule has 92 valence electrons. The zero-order valence-electron chi connectivity index (χ0n) is 10.6. The van der Waals surface area contributed by atoms with E-state index in [4.69, 9.17) is 5.11 Å². The monoisotopic (exact) mass is 214 g/mol. The molecule has 0 spiro atoms. The summed E-state index contributed by atoms with van der Waals surface area (Å²) in [6, 6.07) is 0. The van der Waals surface area contributed by atoms with Crippen molar-refractivity contribution in [1.29, 1.82) is 0 Å². The van der Waals surface area contributed by atoms with Crippen molar-refractivity contribution in [2.75, 3.05) is 6.61 Å². The van der Waals surface area contributed by atoms with Gasteiger partial charge in [-0.15, -0.1) is 13.2 Å². The van der Waals surface area contributed by atoms with Crippen LogP contribution in [0.15, 0.2) is 13.2 Å². The Kier molecular flexibility index (Phi) is 22.0. The third-order valence-electron chi connectivity index (χ3n) is 2.51. The standard InChI is InChI=1S/C12H26O.C2H4/c1-2-3-4-5-6-7-8-9-10-11-12-13;1-2/h13H,2-12H2,1H3;1-2H2. The first-order chi connectivity index (χ1) is 7.41. The summed E-state index contributed by atoms with van der Waals surface area (Å²) in [6.45, 7) is 8.63. The molecule has 0 bridgehead atoms. The van der Waals surface area contributed by atoms with E-state index in [1.165, 1.54) is 57.8 Å². The van der Waals surface area contributed by atoms with Gasteiger partial charge in [-0.3, -0.25) is 0 Å². The molecule has 1 nitrogen and oxygen atoms in total. The molecular weight excluding hydrogens is 184 g/mol. The van der Waals surface area contributed by atoms with E-state index in [0.717, 1.165) is 6.42 Å². The average molecular weight is 214 g/mol. The van der Waals surface area contributed by atoms with E-state index in [1.807, 2.05) is 0 Å². The number of aliphatic hydroxyl groups excluding tert-OH is 1. The average Bonchev–Trinajstić information content (AvgIpc) is 2.30. The maximum atomic E-state index is 8.57. The lowest BCUT2D eigenvalue weighted by atomic mass is 10.1. The Bertz CT molecular complexity index is 81.3. The van der Waals surface area contributed by atoms with Crippen LogP contribution in [0.4, 0.5) is 0 Å². The number of hydrogen-bond acceptors (Lipinski definition) is 1. The fraction of sp³-hybridized carbons (Fsp3) is 0.857. The maximum absolute atomic E-state index is 8.57. The van der Waals surface area contributed by atoms with Crippen LogP contribution in [0.25, 0.3) is 0 Å². The highest BCUT2D eigenvalue weighted by atomic mass is 16.2. The molecule has 0 aliphatic carbocycles. The largest absolute Gasteiger partial charge is 0.396 e. The first-order valence-electron chi connectivity index (χ1n) is 6.52. The van der Waals surface area contributed by atoms with Crippen molar-refractivity contribution in [3.05, 3.63) is 13.2 Å². The molecule has 15 heavy (non-hydrogen) atoms. The van der Waals surface area contributed by atoms with Gasteiger partial charge in [-0.25, -0.2) is 0 Å².